The smallest absolute Gasteiger partial charge is 0.217 e. The van der Waals surface area contributed by atoms with Crippen LogP contribution in [0.3, 0.4) is 0 Å². The summed E-state index contributed by atoms with van der Waals surface area (Å²) in [7, 11) is 0. The number of Topliss-reactive ketones (excluding diaryl/α,β-unsaturated/α-hetero) is 5. The van der Waals surface area contributed by atoms with Crippen LogP contribution in [-0.2, 0) is 28.8 Å². The van der Waals surface area contributed by atoms with Gasteiger partial charge in [-0.2, -0.15) is 0 Å². The molecule has 0 fully saturated rings. The van der Waals surface area contributed by atoms with E-state index in [4.69, 9.17) is 0 Å². The van der Waals surface area contributed by atoms with Gasteiger partial charge in [-0.3, -0.25) is 28.8 Å². The van der Waals surface area contributed by atoms with Gasteiger partial charge in [0.05, 0.1) is 0 Å². The number of aliphatic hydroxyl groups excluding tert-OH is 1. The van der Waals surface area contributed by atoms with Gasteiger partial charge in [0.25, 0.3) is 0 Å². The van der Waals surface area contributed by atoms with Crippen LogP contribution in [0.25, 0.3) is 0 Å². The van der Waals surface area contributed by atoms with E-state index in [-0.39, 0.29) is 0 Å². The van der Waals surface area contributed by atoms with Gasteiger partial charge in [-0.05, 0) is 34.6 Å². The Morgan fingerprint density at radius 1 is 0.704 bits per heavy atom. The Morgan fingerprint density at radius 3 is 1.26 bits per heavy atom. The minimum atomic E-state index is -4.18. The van der Waals surface area contributed by atoms with Crippen molar-refractivity contribution in [1.82, 2.24) is 0 Å². The molecule has 0 amide bonds. The number of aldehydes is 1. The molecule has 0 aromatic heterocycles. The lowest BCUT2D eigenvalue weighted by Gasteiger charge is -2.52. The first-order chi connectivity index (χ1) is 11.9. The molecule has 0 radical (unpaired) electrons. The Bertz CT molecular complexity index is 713. The summed E-state index contributed by atoms with van der Waals surface area (Å²) in [6.07, 6.45) is -3.55. The van der Waals surface area contributed by atoms with E-state index < -0.39 is 63.7 Å². The average Bonchev–Trinajstić information content (AvgIpc) is 2.56. The maximum Gasteiger partial charge on any atom is 0.217 e. The van der Waals surface area contributed by atoms with Crippen LogP contribution in [0, 0.1) is 0 Å². The highest BCUT2D eigenvalue weighted by atomic mass is 16.4. The highest BCUT2D eigenvalue weighted by Crippen LogP contribution is 2.44. The van der Waals surface area contributed by atoms with Crippen molar-refractivity contribution in [2.75, 3.05) is 0 Å². The van der Waals surface area contributed by atoms with E-state index in [1.807, 2.05) is 0 Å². The third kappa shape index (κ3) is 2.97. The number of hydrogen-bond donors (Lipinski definition) is 5. The molecule has 0 spiro atoms. The molecule has 5 atom stereocenters. The molecular formula is C16H22O11. The Morgan fingerprint density at radius 2 is 1.07 bits per heavy atom. The molecular weight excluding hydrogens is 368 g/mol. The summed E-state index contributed by atoms with van der Waals surface area (Å²) >= 11 is 0. The van der Waals surface area contributed by atoms with E-state index in [2.05, 4.69) is 0 Å². The van der Waals surface area contributed by atoms with Crippen LogP contribution in [0.15, 0.2) is 0 Å². The van der Waals surface area contributed by atoms with Crippen LogP contribution in [0.1, 0.15) is 34.6 Å². The molecule has 0 saturated heterocycles. The normalized spacial score (nSPS) is 21.4. The fourth-order valence-electron chi connectivity index (χ4n) is 2.96. The minimum absolute atomic E-state index is 0.431. The van der Waals surface area contributed by atoms with Crippen molar-refractivity contribution in [3.63, 3.8) is 0 Å². The third-order valence-electron chi connectivity index (χ3n) is 4.67. The molecule has 27 heavy (non-hydrogen) atoms. The molecule has 0 saturated carbocycles. The van der Waals surface area contributed by atoms with Gasteiger partial charge in [0.15, 0.2) is 46.9 Å². The van der Waals surface area contributed by atoms with Gasteiger partial charge in [0.2, 0.25) is 16.8 Å². The Balaban J connectivity index is 7.62. The SMILES string of the molecule is CC(=O)C(O)[C@](O)(C(C)=O)[C@](O)(C(C)=O)[C@@](O)(C(C)=O)[C@@](O)(C=O)C(C)=O. The predicted octanol–water partition coefficient (Wildman–Crippen LogP) is -3.58. The molecule has 0 bridgehead atoms. The van der Waals surface area contributed by atoms with E-state index in [0.29, 0.717) is 34.6 Å². The Hall–Kier alpha value is -2.18. The summed E-state index contributed by atoms with van der Waals surface area (Å²) in [6.45, 7) is 2.51. The van der Waals surface area contributed by atoms with Crippen LogP contribution in [0.2, 0.25) is 0 Å². The maximum absolute atomic E-state index is 12.2. The monoisotopic (exact) mass is 390 g/mol. The van der Waals surface area contributed by atoms with Crippen molar-refractivity contribution < 1.29 is 54.3 Å². The molecule has 0 aromatic rings. The molecule has 0 aliphatic rings. The van der Waals surface area contributed by atoms with Crippen molar-refractivity contribution in [1.29, 1.82) is 0 Å². The maximum atomic E-state index is 12.2. The van der Waals surface area contributed by atoms with Crippen molar-refractivity contribution in [3.05, 3.63) is 0 Å². The van der Waals surface area contributed by atoms with Gasteiger partial charge in [0, 0.05) is 0 Å². The molecule has 0 aliphatic heterocycles. The second kappa shape index (κ2) is 7.44. The summed E-state index contributed by atoms with van der Waals surface area (Å²) in [5.41, 5.74) is -16.0. The molecule has 11 heteroatoms. The molecule has 0 heterocycles. The average molecular weight is 390 g/mol. The lowest BCUT2D eigenvalue weighted by molar-refractivity contribution is -0.270. The summed E-state index contributed by atoms with van der Waals surface area (Å²) < 4.78 is 0. The second-order valence-electron chi connectivity index (χ2n) is 6.31. The van der Waals surface area contributed by atoms with Crippen molar-refractivity contribution in [2.24, 2.45) is 0 Å². The molecule has 5 N–H and O–H groups in total. The fourth-order valence-corrected chi connectivity index (χ4v) is 2.96. The molecule has 11 nitrogen and oxygen atoms in total. The third-order valence-corrected chi connectivity index (χ3v) is 4.67. The van der Waals surface area contributed by atoms with Gasteiger partial charge in [-0.1, -0.05) is 0 Å². The minimum Gasteiger partial charge on any atom is -0.382 e. The largest absolute Gasteiger partial charge is 0.382 e. The van der Waals surface area contributed by atoms with Crippen LogP contribution < -0.4 is 0 Å². The first kappa shape index (κ1) is 24.8. The van der Waals surface area contributed by atoms with Crippen LogP contribution in [0.5, 0.6) is 0 Å². The zero-order valence-electron chi connectivity index (χ0n) is 15.3. The van der Waals surface area contributed by atoms with Gasteiger partial charge in [-0.15, -0.1) is 0 Å². The lowest BCUT2D eigenvalue weighted by Crippen LogP contribution is -2.86. The molecule has 1 unspecified atom stereocenters. The van der Waals surface area contributed by atoms with Gasteiger partial charge in [0.1, 0.15) is 0 Å². The predicted molar refractivity (Wildman–Crippen MR) is 85.3 cm³/mol. The van der Waals surface area contributed by atoms with Crippen LogP contribution in [-0.4, -0.2) is 89.2 Å². The Labute approximate surface area is 153 Å². The quantitative estimate of drug-likeness (QED) is 0.182. The number of ketones is 5. The summed E-state index contributed by atoms with van der Waals surface area (Å²) in [6, 6.07) is 0. The topological polar surface area (TPSA) is 204 Å². The number of rotatable bonds is 10. The van der Waals surface area contributed by atoms with Crippen LogP contribution in [0.4, 0.5) is 0 Å². The second-order valence-corrected chi connectivity index (χ2v) is 6.31. The molecule has 0 aromatic carbocycles. The highest BCUT2D eigenvalue weighted by molar-refractivity contribution is 6.14. The van der Waals surface area contributed by atoms with Gasteiger partial charge in [-0.25, -0.2) is 0 Å². The zero-order chi connectivity index (χ0) is 22.2. The number of aliphatic hydroxyl groups is 5. The summed E-state index contributed by atoms with van der Waals surface area (Å²) in [4.78, 5) is 71.2. The first-order valence-corrected chi connectivity index (χ1v) is 7.52. The Kier molecular flexibility index (Phi) is 6.84. The van der Waals surface area contributed by atoms with E-state index in [1.54, 1.807) is 0 Å². The molecule has 0 aliphatic carbocycles. The van der Waals surface area contributed by atoms with Crippen molar-refractivity contribution >= 4 is 35.2 Å². The fraction of sp³-hybridized carbons (Fsp3) is 0.625. The summed E-state index contributed by atoms with van der Waals surface area (Å²) in [5, 5.41) is 52.8. The van der Waals surface area contributed by atoms with E-state index >= 15 is 0 Å². The number of hydrogen-bond acceptors (Lipinski definition) is 11. The molecule has 0 rings (SSSR count). The van der Waals surface area contributed by atoms with Crippen molar-refractivity contribution in [2.45, 2.75) is 63.1 Å². The number of carbonyl (C=O) groups is 6. The van der Waals surface area contributed by atoms with E-state index in [9.17, 15) is 54.3 Å². The van der Waals surface area contributed by atoms with E-state index in [1.165, 1.54) is 0 Å². The van der Waals surface area contributed by atoms with Crippen LogP contribution >= 0.6 is 0 Å². The van der Waals surface area contributed by atoms with Crippen molar-refractivity contribution in [3.8, 4) is 0 Å². The highest BCUT2D eigenvalue weighted by Gasteiger charge is 2.79. The summed E-state index contributed by atoms with van der Waals surface area (Å²) in [5.74, 6) is -8.30. The number of carbonyl (C=O) groups excluding carboxylic acids is 6. The van der Waals surface area contributed by atoms with Gasteiger partial charge < -0.3 is 25.5 Å². The first-order valence-electron chi connectivity index (χ1n) is 7.52. The van der Waals surface area contributed by atoms with Gasteiger partial charge >= 0.3 is 0 Å². The standard InChI is InChI=1S/C16H22O11/c1-7(18)12(23)14(25,9(3)20)16(27,11(5)22)15(26,10(4)21)13(24,6-17)8(2)19/h6,12,23-27H,1-5H3/t12?,13-,14-,15-,16-/m1/s1. The van der Waals surface area contributed by atoms with E-state index in [0.717, 1.165) is 0 Å². The zero-order valence-corrected chi connectivity index (χ0v) is 15.3. The lowest BCUT2D eigenvalue weighted by atomic mass is 9.57. The molecule has 152 valence electrons.